The number of nitrogens with two attached hydrogens (primary N) is 1. The fourth-order valence-corrected chi connectivity index (χ4v) is 2.60. The molecule has 1 aromatic carbocycles. The molecule has 0 unspecified atom stereocenters. The largest absolute Gasteiger partial charge is 0.350 e. The van der Waals surface area contributed by atoms with E-state index in [2.05, 4.69) is 12.1 Å². The van der Waals surface area contributed by atoms with Crippen LogP contribution < -0.4 is 5.73 Å². The smallest absolute Gasteiger partial charge is 0.338 e. The van der Waals surface area contributed by atoms with Gasteiger partial charge in [-0.2, -0.15) is 0 Å². The molecule has 18 heavy (non-hydrogen) atoms. The number of nitrogens with zero attached hydrogens (tertiary/aromatic N) is 1. The molecule has 0 atom stereocenters. The van der Waals surface area contributed by atoms with Gasteiger partial charge >= 0.3 is 6.03 Å². The van der Waals surface area contributed by atoms with Crippen LogP contribution in [0.4, 0.5) is 4.79 Å². The molecule has 2 amide bonds. The highest BCUT2D eigenvalue weighted by Crippen LogP contribution is 2.28. The first kappa shape index (κ1) is 12.6. The van der Waals surface area contributed by atoms with Gasteiger partial charge in [0.25, 0.3) is 0 Å². The van der Waals surface area contributed by atoms with Gasteiger partial charge in [-0.05, 0) is 17.7 Å². The van der Waals surface area contributed by atoms with Gasteiger partial charge in [0.2, 0.25) is 0 Å². The van der Waals surface area contributed by atoms with E-state index in [9.17, 15) is 10.0 Å². The van der Waals surface area contributed by atoms with Gasteiger partial charge in [-0.1, -0.05) is 30.3 Å². The SMILES string of the molecule is NC(=O)N(O)CCc1ccc(-c2ccccc2)s1. The lowest BCUT2D eigenvalue weighted by Crippen LogP contribution is -2.34. The number of primary amides is 1. The van der Waals surface area contributed by atoms with Gasteiger partial charge in [0, 0.05) is 16.2 Å². The van der Waals surface area contributed by atoms with Crippen LogP contribution in [0.25, 0.3) is 10.4 Å². The molecule has 0 saturated heterocycles. The van der Waals surface area contributed by atoms with Crippen LogP contribution in [0.1, 0.15) is 4.88 Å². The number of amides is 2. The molecule has 3 N–H and O–H groups in total. The topological polar surface area (TPSA) is 66.6 Å². The molecular weight excluding hydrogens is 248 g/mol. The van der Waals surface area contributed by atoms with Crippen molar-refractivity contribution in [1.82, 2.24) is 5.06 Å². The lowest BCUT2D eigenvalue weighted by Gasteiger charge is -2.10. The third-order valence-electron chi connectivity index (χ3n) is 2.54. The molecule has 5 heteroatoms. The predicted molar refractivity (Wildman–Crippen MR) is 71.5 cm³/mol. The number of thiophene rings is 1. The Kier molecular flexibility index (Phi) is 3.96. The van der Waals surface area contributed by atoms with E-state index in [-0.39, 0.29) is 6.54 Å². The highest BCUT2D eigenvalue weighted by Gasteiger charge is 2.07. The quantitative estimate of drug-likeness (QED) is 0.657. The van der Waals surface area contributed by atoms with Gasteiger partial charge in [0.05, 0.1) is 6.54 Å². The van der Waals surface area contributed by atoms with Crippen molar-refractivity contribution in [2.45, 2.75) is 6.42 Å². The van der Waals surface area contributed by atoms with Gasteiger partial charge in [0.15, 0.2) is 0 Å². The van der Waals surface area contributed by atoms with Crippen molar-refractivity contribution in [2.24, 2.45) is 5.73 Å². The third-order valence-corrected chi connectivity index (χ3v) is 3.74. The summed E-state index contributed by atoms with van der Waals surface area (Å²) in [7, 11) is 0. The molecule has 0 aliphatic carbocycles. The first-order valence-corrected chi connectivity index (χ1v) is 6.38. The van der Waals surface area contributed by atoms with E-state index < -0.39 is 6.03 Å². The van der Waals surface area contributed by atoms with E-state index in [0.717, 1.165) is 4.88 Å². The number of urea groups is 1. The molecule has 0 bridgehead atoms. The van der Waals surface area contributed by atoms with Crippen molar-refractivity contribution in [3.8, 4) is 10.4 Å². The Bertz CT molecular complexity index is 525. The second-order valence-corrected chi connectivity index (χ2v) is 5.01. The summed E-state index contributed by atoms with van der Waals surface area (Å²) in [6.45, 7) is 0.212. The number of benzene rings is 1. The van der Waals surface area contributed by atoms with E-state index in [1.54, 1.807) is 11.3 Å². The number of rotatable bonds is 4. The van der Waals surface area contributed by atoms with Gasteiger partial charge in [-0.3, -0.25) is 5.21 Å². The number of carbonyl (C=O) groups excluding carboxylic acids is 1. The summed E-state index contributed by atoms with van der Waals surface area (Å²) in [6, 6.07) is 13.3. The van der Waals surface area contributed by atoms with E-state index in [1.807, 2.05) is 30.3 Å². The van der Waals surface area contributed by atoms with Crippen LogP contribution in [0.3, 0.4) is 0 Å². The normalized spacial score (nSPS) is 10.3. The zero-order valence-electron chi connectivity index (χ0n) is 9.74. The number of carbonyl (C=O) groups is 1. The summed E-state index contributed by atoms with van der Waals surface area (Å²) in [5.41, 5.74) is 6.11. The molecule has 0 spiro atoms. The van der Waals surface area contributed by atoms with Crippen LogP contribution in [0.5, 0.6) is 0 Å². The van der Waals surface area contributed by atoms with Crippen molar-refractivity contribution >= 4 is 17.4 Å². The number of hydrogen-bond acceptors (Lipinski definition) is 3. The Morgan fingerprint density at radius 3 is 2.61 bits per heavy atom. The number of hydrogen-bond donors (Lipinski definition) is 2. The lowest BCUT2D eigenvalue weighted by molar-refractivity contribution is -0.0380. The van der Waals surface area contributed by atoms with Crippen LogP contribution in [-0.4, -0.2) is 22.8 Å². The van der Waals surface area contributed by atoms with Crippen molar-refractivity contribution in [1.29, 1.82) is 0 Å². The maximum atomic E-state index is 10.6. The molecule has 94 valence electrons. The highest BCUT2D eigenvalue weighted by atomic mass is 32.1. The monoisotopic (exact) mass is 262 g/mol. The molecule has 4 nitrogen and oxygen atoms in total. The minimum atomic E-state index is -0.824. The Morgan fingerprint density at radius 2 is 1.94 bits per heavy atom. The molecule has 0 saturated carbocycles. The molecule has 2 aromatic rings. The third kappa shape index (κ3) is 3.09. The second kappa shape index (κ2) is 5.66. The van der Waals surface area contributed by atoms with Gasteiger partial charge in [0.1, 0.15) is 0 Å². The number of hydroxylamine groups is 2. The predicted octanol–water partition coefficient (Wildman–Crippen LogP) is 2.73. The van der Waals surface area contributed by atoms with Gasteiger partial charge in [-0.25, -0.2) is 9.86 Å². The molecule has 0 aliphatic heterocycles. The minimum Gasteiger partial charge on any atom is -0.350 e. The Balaban J connectivity index is 2.01. The highest BCUT2D eigenvalue weighted by molar-refractivity contribution is 7.15. The summed E-state index contributed by atoms with van der Waals surface area (Å²) in [6.07, 6.45) is 0.594. The maximum absolute atomic E-state index is 10.6. The molecule has 1 aromatic heterocycles. The van der Waals surface area contributed by atoms with Gasteiger partial charge in [-0.15, -0.1) is 11.3 Å². The minimum absolute atomic E-state index is 0.212. The summed E-state index contributed by atoms with van der Waals surface area (Å²) < 4.78 is 0. The summed E-state index contributed by atoms with van der Waals surface area (Å²) in [5.74, 6) is 0. The van der Waals surface area contributed by atoms with Crippen molar-refractivity contribution in [3.63, 3.8) is 0 Å². The zero-order valence-corrected chi connectivity index (χ0v) is 10.6. The second-order valence-electron chi connectivity index (χ2n) is 3.84. The first-order chi connectivity index (χ1) is 8.66. The van der Waals surface area contributed by atoms with Crippen molar-refractivity contribution < 1.29 is 10.0 Å². The summed E-state index contributed by atoms with van der Waals surface area (Å²) >= 11 is 1.65. The Labute approximate surface area is 109 Å². The van der Waals surface area contributed by atoms with Crippen molar-refractivity contribution in [3.05, 3.63) is 47.3 Å². The molecular formula is C13H14N2O2S. The van der Waals surface area contributed by atoms with E-state index in [4.69, 9.17) is 5.73 Å². The Morgan fingerprint density at radius 1 is 1.22 bits per heavy atom. The molecule has 0 fully saturated rings. The zero-order chi connectivity index (χ0) is 13.0. The maximum Gasteiger partial charge on any atom is 0.338 e. The first-order valence-electron chi connectivity index (χ1n) is 5.57. The molecule has 0 aliphatic rings. The van der Waals surface area contributed by atoms with Crippen LogP contribution in [0.15, 0.2) is 42.5 Å². The fraction of sp³-hybridized carbons (Fsp3) is 0.154. The molecule has 1 heterocycles. The van der Waals surface area contributed by atoms with Crippen LogP contribution >= 0.6 is 11.3 Å². The molecule has 0 radical (unpaired) electrons. The van der Waals surface area contributed by atoms with E-state index in [0.29, 0.717) is 11.5 Å². The van der Waals surface area contributed by atoms with Gasteiger partial charge < -0.3 is 5.73 Å². The van der Waals surface area contributed by atoms with E-state index in [1.165, 1.54) is 10.4 Å². The van der Waals surface area contributed by atoms with Crippen LogP contribution in [-0.2, 0) is 6.42 Å². The average Bonchev–Trinajstić information content (AvgIpc) is 2.85. The van der Waals surface area contributed by atoms with Crippen LogP contribution in [0.2, 0.25) is 0 Å². The Hall–Kier alpha value is -1.85. The fourth-order valence-electron chi connectivity index (χ4n) is 1.60. The van der Waals surface area contributed by atoms with Crippen LogP contribution in [0, 0.1) is 0 Å². The lowest BCUT2D eigenvalue weighted by atomic mass is 10.2. The van der Waals surface area contributed by atoms with Crippen molar-refractivity contribution in [2.75, 3.05) is 6.54 Å². The van der Waals surface area contributed by atoms with E-state index >= 15 is 0 Å². The summed E-state index contributed by atoms with van der Waals surface area (Å²) in [4.78, 5) is 12.9. The average molecular weight is 262 g/mol. The molecule has 2 rings (SSSR count). The summed E-state index contributed by atoms with van der Waals surface area (Å²) in [5, 5.41) is 9.70. The standard InChI is InChI=1S/C13H14N2O2S/c14-13(16)15(17)9-8-11-6-7-12(18-11)10-4-2-1-3-5-10/h1-7,17H,8-9H2,(H2,14,16).